The normalized spacial score (nSPS) is 12.5. The number of aryl methyl sites for hydroxylation is 1. The zero-order valence-corrected chi connectivity index (χ0v) is 12.7. The second-order valence-corrected chi connectivity index (χ2v) is 5.16. The van der Waals surface area contributed by atoms with Gasteiger partial charge in [-0.2, -0.15) is 23.1 Å². The lowest BCUT2D eigenvalue weighted by Crippen LogP contribution is -2.35. The number of hydrogen-bond donors (Lipinski definition) is 1. The summed E-state index contributed by atoms with van der Waals surface area (Å²) in [4.78, 5) is 13.3. The second kappa shape index (κ2) is 6.66. The number of halogens is 4. The van der Waals surface area contributed by atoms with Crippen molar-refractivity contribution in [3.8, 4) is 0 Å². The Balaban J connectivity index is 2.00. The highest BCUT2D eigenvalue weighted by Gasteiger charge is 2.29. The Morgan fingerprint density at radius 3 is 2.73 bits per heavy atom. The minimum atomic E-state index is -4.19. The summed E-state index contributed by atoms with van der Waals surface area (Å²) in [6.07, 6.45) is -2.13. The number of anilines is 1. The molecule has 122 valence electrons. The first-order valence-corrected chi connectivity index (χ1v) is 7.11. The van der Waals surface area contributed by atoms with Crippen molar-refractivity contribution in [1.82, 2.24) is 24.4 Å². The zero-order chi connectivity index (χ0) is 16.3. The molecule has 6 nitrogen and oxygen atoms in total. The van der Waals surface area contributed by atoms with Gasteiger partial charge in [0.1, 0.15) is 5.52 Å². The summed E-state index contributed by atoms with van der Waals surface area (Å²) in [6, 6.07) is 0. The van der Waals surface area contributed by atoms with E-state index in [1.54, 1.807) is 11.5 Å². The van der Waals surface area contributed by atoms with Gasteiger partial charge in [-0.25, -0.2) is 4.98 Å². The van der Waals surface area contributed by atoms with Gasteiger partial charge in [0.05, 0.1) is 12.9 Å². The quantitative estimate of drug-likeness (QED) is 0.820. The van der Waals surface area contributed by atoms with Crippen molar-refractivity contribution in [3.05, 3.63) is 11.6 Å². The Hall–Kier alpha value is -1.61. The largest absolute Gasteiger partial charge is 0.401 e. The smallest absolute Gasteiger partial charge is 0.382 e. The molecule has 0 spiro atoms. The summed E-state index contributed by atoms with van der Waals surface area (Å²) in [5.74, 6) is 0.181. The number of hydrogen-bond acceptors (Lipinski definition) is 5. The molecule has 0 fully saturated rings. The molecule has 0 aliphatic carbocycles. The summed E-state index contributed by atoms with van der Waals surface area (Å²) < 4.78 is 38.9. The SMILES string of the molecule is CCN(CCCn1cnc2c(N)nc(Cl)nc21)CC(F)(F)F. The maximum Gasteiger partial charge on any atom is 0.401 e. The molecule has 2 aromatic rings. The molecule has 2 rings (SSSR count). The Kier molecular flexibility index (Phi) is 5.07. The van der Waals surface area contributed by atoms with E-state index < -0.39 is 12.7 Å². The van der Waals surface area contributed by atoms with Crippen LogP contribution in [0.5, 0.6) is 0 Å². The molecule has 0 atom stereocenters. The molecule has 0 bridgehead atoms. The van der Waals surface area contributed by atoms with Gasteiger partial charge >= 0.3 is 6.18 Å². The van der Waals surface area contributed by atoms with Gasteiger partial charge in [0.25, 0.3) is 0 Å². The minimum absolute atomic E-state index is 0.0130. The Bertz CT molecular complexity index is 642. The third kappa shape index (κ3) is 4.20. The summed E-state index contributed by atoms with van der Waals surface area (Å²) in [5.41, 5.74) is 6.61. The maximum absolute atomic E-state index is 12.4. The fourth-order valence-electron chi connectivity index (χ4n) is 2.17. The Morgan fingerprint density at radius 2 is 2.09 bits per heavy atom. The maximum atomic E-state index is 12.4. The van der Waals surface area contributed by atoms with Gasteiger partial charge in [0, 0.05) is 13.1 Å². The lowest BCUT2D eigenvalue weighted by Gasteiger charge is -2.21. The molecule has 0 radical (unpaired) electrons. The van der Waals surface area contributed by atoms with Crippen LogP contribution in [0.25, 0.3) is 11.2 Å². The summed E-state index contributed by atoms with van der Waals surface area (Å²) in [5, 5.41) is 0.0130. The molecule has 0 aliphatic heterocycles. The van der Waals surface area contributed by atoms with Gasteiger partial charge in [-0.1, -0.05) is 6.92 Å². The van der Waals surface area contributed by atoms with Crippen molar-refractivity contribution < 1.29 is 13.2 Å². The van der Waals surface area contributed by atoms with E-state index in [0.717, 1.165) is 0 Å². The first kappa shape index (κ1) is 16.8. The van der Waals surface area contributed by atoms with Crippen molar-refractivity contribution in [1.29, 1.82) is 0 Å². The van der Waals surface area contributed by atoms with Gasteiger partial charge in [-0.05, 0) is 24.6 Å². The standard InChI is InChI=1S/C12H16ClF3N6/c1-2-21(6-12(14,15)16)4-3-5-22-7-18-8-9(17)19-11(13)20-10(8)22/h7H,2-6H2,1H3,(H2,17,19,20). The molecule has 2 heterocycles. The second-order valence-electron chi connectivity index (χ2n) is 4.83. The van der Waals surface area contributed by atoms with Crippen LogP contribution in [-0.4, -0.2) is 50.2 Å². The minimum Gasteiger partial charge on any atom is -0.382 e. The van der Waals surface area contributed by atoms with Crippen molar-refractivity contribution in [2.75, 3.05) is 25.4 Å². The van der Waals surface area contributed by atoms with Crippen molar-refractivity contribution in [2.24, 2.45) is 0 Å². The van der Waals surface area contributed by atoms with E-state index in [9.17, 15) is 13.2 Å². The molecule has 0 saturated carbocycles. The van der Waals surface area contributed by atoms with Gasteiger partial charge in [-0.3, -0.25) is 4.90 Å². The number of fused-ring (bicyclic) bond motifs is 1. The molecule has 0 amide bonds. The molecule has 2 aromatic heterocycles. The van der Waals surface area contributed by atoms with Crippen LogP contribution in [0.2, 0.25) is 5.28 Å². The molecular formula is C12H16ClF3N6. The fourth-order valence-corrected chi connectivity index (χ4v) is 2.34. The average Bonchev–Trinajstić information content (AvgIpc) is 2.79. The molecule has 22 heavy (non-hydrogen) atoms. The van der Waals surface area contributed by atoms with Crippen LogP contribution in [0.15, 0.2) is 6.33 Å². The highest BCUT2D eigenvalue weighted by atomic mass is 35.5. The molecule has 2 N–H and O–H groups in total. The highest BCUT2D eigenvalue weighted by molar-refractivity contribution is 6.28. The molecule has 0 aliphatic rings. The van der Waals surface area contributed by atoms with Gasteiger partial charge in [0.15, 0.2) is 11.5 Å². The van der Waals surface area contributed by atoms with Crippen LogP contribution >= 0.6 is 11.6 Å². The fraction of sp³-hybridized carbons (Fsp3) is 0.583. The monoisotopic (exact) mass is 336 g/mol. The van der Waals surface area contributed by atoms with Crippen LogP contribution in [0.4, 0.5) is 19.0 Å². The van der Waals surface area contributed by atoms with Crippen LogP contribution < -0.4 is 5.73 Å². The van der Waals surface area contributed by atoms with Gasteiger partial charge in [0.2, 0.25) is 5.28 Å². The van der Waals surface area contributed by atoms with Crippen LogP contribution in [0.3, 0.4) is 0 Å². The number of nitrogen functional groups attached to an aromatic ring is 1. The highest BCUT2D eigenvalue weighted by Crippen LogP contribution is 2.19. The average molecular weight is 337 g/mol. The lowest BCUT2D eigenvalue weighted by molar-refractivity contribution is -0.145. The van der Waals surface area contributed by atoms with Crippen molar-refractivity contribution in [2.45, 2.75) is 26.1 Å². The lowest BCUT2D eigenvalue weighted by atomic mass is 10.3. The van der Waals surface area contributed by atoms with E-state index in [1.807, 2.05) is 0 Å². The summed E-state index contributed by atoms with van der Waals surface area (Å²) in [6.45, 7) is 1.92. The van der Waals surface area contributed by atoms with E-state index in [2.05, 4.69) is 15.0 Å². The number of nitrogens with two attached hydrogens (primary N) is 1. The zero-order valence-electron chi connectivity index (χ0n) is 11.9. The molecule has 10 heteroatoms. The van der Waals surface area contributed by atoms with Crippen LogP contribution in [-0.2, 0) is 6.54 Å². The van der Waals surface area contributed by atoms with E-state index in [0.29, 0.717) is 37.2 Å². The predicted octanol–water partition coefficient (Wildman–Crippen LogP) is 2.34. The first-order valence-electron chi connectivity index (χ1n) is 6.73. The number of aromatic nitrogens is 4. The van der Waals surface area contributed by atoms with E-state index in [-0.39, 0.29) is 11.1 Å². The number of rotatable bonds is 6. The molecule has 0 saturated heterocycles. The Labute approximate surface area is 130 Å². The third-order valence-corrected chi connectivity index (χ3v) is 3.36. The van der Waals surface area contributed by atoms with Crippen molar-refractivity contribution >= 4 is 28.6 Å². The van der Waals surface area contributed by atoms with Crippen molar-refractivity contribution in [3.63, 3.8) is 0 Å². The summed E-state index contributed by atoms with van der Waals surface area (Å²) in [7, 11) is 0. The van der Waals surface area contributed by atoms with Crippen LogP contribution in [0.1, 0.15) is 13.3 Å². The number of nitrogens with zero attached hydrogens (tertiary/aromatic N) is 5. The van der Waals surface area contributed by atoms with Gasteiger partial charge < -0.3 is 10.3 Å². The van der Waals surface area contributed by atoms with E-state index in [1.165, 1.54) is 11.2 Å². The molecular weight excluding hydrogens is 321 g/mol. The van der Waals surface area contributed by atoms with E-state index >= 15 is 0 Å². The van der Waals surface area contributed by atoms with E-state index in [4.69, 9.17) is 17.3 Å². The topological polar surface area (TPSA) is 72.9 Å². The summed E-state index contributed by atoms with van der Waals surface area (Å²) >= 11 is 5.76. The molecule has 0 unspecified atom stereocenters. The Morgan fingerprint density at radius 1 is 1.36 bits per heavy atom. The van der Waals surface area contributed by atoms with Crippen LogP contribution in [0, 0.1) is 0 Å². The third-order valence-electron chi connectivity index (χ3n) is 3.19. The first-order chi connectivity index (χ1) is 10.3. The van der Waals surface area contributed by atoms with Gasteiger partial charge in [-0.15, -0.1) is 0 Å². The molecule has 0 aromatic carbocycles. The predicted molar refractivity (Wildman–Crippen MR) is 77.5 cm³/mol. The number of alkyl halides is 3. The number of imidazole rings is 1.